The maximum atomic E-state index is 10.5. The molecule has 5 nitrogen and oxygen atoms in total. The largest absolute Gasteiger partial charge is 0.305 e. The zero-order valence-corrected chi connectivity index (χ0v) is 9.35. The summed E-state index contributed by atoms with van der Waals surface area (Å²) in [6, 6.07) is 1.89. The van der Waals surface area contributed by atoms with Crippen molar-refractivity contribution in [3.8, 4) is 5.69 Å². The average molecular weight is 235 g/mol. The topological polar surface area (TPSA) is 61.0 Å². The van der Waals surface area contributed by atoms with E-state index in [0.717, 1.165) is 10.6 Å². The minimum absolute atomic E-state index is 0.138. The molecule has 0 aliphatic carbocycles. The Labute approximate surface area is 95.8 Å². The predicted molar refractivity (Wildman–Crippen MR) is 62.1 cm³/mol. The number of nitrogens with zero attached hydrogens (tertiary/aromatic N) is 3. The van der Waals surface area contributed by atoms with Crippen LogP contribution in [0.25, 0.3) is 11.8 Å². The second-order valence-corrected chi connectivity index (χ2v) is 4.16. The summed E-state index contributed by atoms with van der Waals surface area (Å²) in [7, 11) is 0. The van der Waals surface area contributed by atoms with Crippen molar-refractivity contribution < 1.29 is 4.92 Å². The monoisotopic (exact) mass is 235 g/mol. The Kier molecular flexibility index (Phi) is 2.82. The number of aromatic nitrogens is 2. The van der Waals surface area contributed by atoms with E-state index < -0.39 is 4.92 Å². The van der Waals surface area contributed by atoms with E-state index in [1.807, 2.05) is 22.2 Å². The molecule has 0 unspecified atom stereocenters. The van der Waals surface area contributed by atoms with Crippen LogP contribution in [-0.4, -0.2) is 14.5 Å². The summed E-state index contributed by atoms with van der Waals surface area (Å²) in [5.41, 5.74) is 1.10. The molecule has 0 bridgehead atoms. The molecule has 0 fully saturated rings. The average Bonchev–Trinajstić information content (AvgIpc) is 2.85. The van der Waals surface area contributed by atoms with Crippen LogP contribution in [0.2, 0.25) is 0 Å². The highest BCUT2D eigenvalue weighted by molar-refractivity contribution is 7.11. The van der Waals surface area contributed by atoms with Crippen LogP contribution in [-0.2, 0) is 0 Å². The van der Waals surface area contributed by atoms with Crippen molar-refractivity contribution in [2.45, 2.75) is 6.92 Å². The lowest BCUT2D eigenvalue weighted by molar-refractivity contribution is -0.422. The van der Waals surface area contributed by atoms with Gasteiger partial charge >= 0.3 is 0 Å². The SMILES string of the molecule is CC(=Cc1cc(-n2ccnc2)cs1)[N+](=O)[O-]. The maximum absolute atomic E-state index is 10.5. The Balaban J connectivity index is 2.27. The number of allylic oxidation sites excluding steroid dienone is 1. The molecular formula is C10H9N3O2S. The highest BCUT2D eigenvalue weighted by atomic mass is 32.1. The molecule has 2 aromatic rings. The first-order chi connectivity index (χ1) is 7.66. The van der Waals surface area contributed by atoms with E-state index in [4.69, 9.17) is 0 Å². The molecule has 0 spiro atoms. The summed E-state index contributed by atoms with van der Waals surface area (Å²) in [6.45, 7) is 1.48. The minimum atomic E-state index is -0.392. The number of imidazole rings is 1. The first kappa shape index (κ1) is 10.6. The van der Waals surface area contributed by atoms with Gasteiger partial charge in [-0.05, 0) is 6.07 Å². The van der Waals surface area contributed by atoms with Crippen molar-refractivity contribution in [2.75, 3.05) is 0 Å². The van der Waals surface area contributed by atoms with E-state index in [-0.39, 0.29) is 5.70 Å². The fourth-order valence-corrected chi connectivity index (χ4v) is 2.10. The minimum Gasteiger partial charge on any atom is -0.305 e. The third kappa shape index (κ3) is 2.17. The summed E-state index contributed by atoms with van der Waals surface area (Å²) in [5, 5.41) is 12.4. The molecule has 6 heteroatoms. The zero-order chi connectivity index (χ0) is 11.5. The van der Waals surface area contributed by atoms with Crippen LogP contribution in [0.4, 0.5) is 0 Å². The van der Waals surface area contributed by atoms with Gasteiger partial charge in [0.1, 0.15) is 0 Å². The van der Waals surface area contributed by atoms with Crippen LogP contribution in [0.15, 0.2) is 35.9 Å². The van der Waals surface area contributed by atoms with Crippen LogP contribution < -0.4 is 0 Å². The van der Waals surface area contributed by atoms with Crippen LogP contribution in [0, 0.1) is 10.1 Å². The molecule has 0 amide bonds. The van der Waals surface area contributed by atoms with Gasteiger partial charge in [0.25, 0.3) is 0 Å². The fraction of sp³-hybridized carbons (Fsp3) is 0.100. The fourth-order valence-electron chi connectivity index (χ4n) is 1.22. The quantitative estimate of drug-likeness (QED) is 0.606. The van der Waals surface area contributed by atoms with Gasteiger partial charge in [0.2, 0.25) is 5.70 Å². The van der Waals surface area contributed by atoms with Gasteiger partial charge in [0, 0.05) is 35.7 Å². The van der Waals surface area contributed by atoms with E-state index in [1.165, 1.54) is 18.3 Å². The molecule has 2 heterocycles. The second kappa shape index (κ2) is 4.28. The second-order valence-electron chi connectivity index (χ2n) is 3.22. The predicted octanol–water partition coefficient (Wildman–Crippen LogP) is 2.57. The first-order valence-electron chi connectivity index (χ1n) is 4.56. The van der Waals surface area contributed by atoms with Crippen molar-refractivity contribution in [3.05, 3.63) is 50.9 Å². The molecule has 0 N–H and O–H groups in total. The Morgan fingerprint density at radius 2 is 2.50 bits per heavy atom. The van der Waals surface area contributed by atoms with Gasteiger partial charge in [0.05, 0.1) is 16.9 Å². The van der Waals surface area contributed by atoms with Gasteiger partial charge < -0.3 is 4.57 Å². The van der Waals surface area contributed by atoms with Gasteiger partial charge in [-0.1, -0.05) is 0 Å². The van der Waals surface area contributed by atoms with E-state index in [1.54, 1.807) is 18.6 Å². The smallest absolute Gasteiger partial charge is 0.244 e. The van der Waals surface area contributed by atoms with E-state index in [0.29, 0.717) is 0 Å². The van der Waals surface area contributed by atoms with Crippen molar-refractivity contribution in [3.63, 3.8) is 0 Å². The van der Waals surface area contributed by atoms with Gasteiger partial charge in [-0.15, -0.1) is 11.3 Å². The molecular weight excluding hydrogens is 226 g/mol. The third-order valence-corrected chi connectivity index (χ3v) is 2.91. The van der Waals surface area contributed by atoms with Crippen molar-refractivity contribution in [1.29, 1.82) is 0 Å². The van der Waals surface area contributed by atoms with Crippen LogP contribution in [0.3, 0.4) is 0 Å². The van der Waals surface area contributed by atoms with Gasteiger partial charge in [-0.25, -0.2) is 4.98 Å². The molecule has 2 rings (SSSR count). The zero-order valence-electron chi connectivity index (χ0n) is 8.53. The molecule has 0 saturated carbocycles. The third-order valence-electron chi connectivity index (χ3n) is 2.05. The Hall–Kier alpha value is -1.95. The number of nitro groups is 1. The first-order valence-corrected chi connectivity index (χ1v) is 5.44. The lowest BCUT2D eigenvalue weighted by Crippen LogP contribution is -1.92. The molecule has 0 aliphatic heterocycles. The van der Waals surface area contributed by atoms with E-state index >= 15 is 0 Å². The Morgan fingerprint density at radius 1 is 1.69 bits per heavy atom. The highest BCUT2D eigenvalue weighted by Crippen LogP contribution is 2.20. The standard InChI is InChI=1S/C10H9N3O2S/c1-8(13(14)15)4-10-5-9(6-16-10)12-3-2-11-7-12/h2-7H,1H3. The molecule has 0 aromatic carbocycles. The van der Waals surface area contributed by atoms with Crippen molar-refractivity contribution >= 4 is 17.4 Å². The van der Waals surface area contributed by atoms with Crippen LogP contribution >= 0.6 is 11.3 Å². The van der Waals surface area contributed by atoms with Gasteiger partial charge in [0.15, 0.2) is 0 Å². The van der Waals surface area contributed by atoms with E-state index in [9.17, 15) is 10.1 Å². The molecule has 16 heavy (non-hydrogen) atoms. The molecule has 82 valence electrons. The number of thiophene rings is 1. The molecule has 2 aromatic heterocycles. The van der Waals surface area contributed by atoms with Gasteiger partial charge in [-0.2, -0.15) is 0 Å². The Bertz CT molecular complexity index is 528. The van der Waals surface area contributed by atoms with Crippen molar-refractivity contribution in [2.24, 2.45) is 0 Å². The molecule has 0 saturated heterocycles. The van der Waals surface area contributed by atoms with Crippen molar-refractivity contribution in [1.82, 2.24) is 9.55 Å². The number of rotatable bonds is 3. The lowest BCUT2D eigenvalue weighted by Gasteiger charge is -1.93. The molecule has 0 aliphatic rings. The van der Waals surface area contributed by atoms with E-state index in [2.05, 4.69) is 4.98 Å². The molecule has 0 atom stereocenters. The summed E-state index contributed by atoms with van der Waals surface area (Å²) < 4.78 is 1.86. The van der Waals surface area contributed by atoms with Crippen LogP contribution in [0.5, 0.6) is 0 Å². The number of hydrogen-bond acceptors (Lipinski definition) is 4. The highest BCUT2D eigenvalue weighted by Gasteiger charge is 2.05. The molecule has 0 radical (unpaired) electrons. The van der Waals surface area contributed by atoms with Gasteiger partial charge in [-0.3, -0.25) is 10.1 Å². The summed E-state index contributed by atoms with van der Waals surface area (Å²) >= 11 is 1.46. The summed E-state index contributed by atoms with van der Waals surface area (Å²) in [4.78, 5) is 14.9. The number of hydrogen-bond donors (Lipinski definition) is 0. The maximum Gasteiger partial charge on any atom is 0.244 e. The Morgan fingerprint density at radius 3 is 3.12 bits per heavy atom. The van der Waals surface area contributed by atoms with Crippen LogP contribution in [0.1, 0.15) is 11.8 Å². The summed E-state index contributed by atoms with van der Waals surface area (Å²) in [6.07, 6.45) is 6.77. The summed E-state index contributed by atoms with van der Waals surface area (Å²) in [5.74, 6) is 0. The lowest BCUT2D eigenvalue weighted by atomic mass is 10.3. The normalized spacial score (nSPS) is 11.7.